The summed E-state index contributed by atoms with van der Waals surface area (Å²) >= 11 is 3.04. The number of anilines is 1. The summed E-state index contributed by atoms with van der Waals surface area (Å²) in [7, 11) is 0. The van der Waals surface area contributed by atoms with E-state index in [0.717, 1.165) is 0 Å². The number of hydrogen-bond donors (Lipinski definition) is 1. The van der Waals surface area contributed by atoms with Crippen molar-refractivity contribution in [1.82, 2.24) is 0 Å². The van der Waals surface area contributed by atoms with Crippen molar-refractivity contribution < 1.29 is 14.1 Å². The number of ether oxygens (including phenoxy) is 1. The van der Waals surface area contributed by atoms with Crippen LogP contribution in [-0.4, -0.2) is 4.92 Å². The van der Waals surface area contributed by atoms with E-state index < -0.39 is 10.7 Å². The highest BCUT2D eigenvalue weighted by atomic mass is 79.9. The largest absolute Gasteiger partial charge is 0.489 e. The zero-order valence-corrected chi connectivity index (χ0v) is 11.8. The molecule has 2 aromatic rings. The molecule has 0 amide bonds. The minimum absolute atomic E-state index is 0.0224. The standard InChI is InChI=1S/C13H10BrFN2O3/c14-11-3-2-10(6-12(11)15)20-7-8-5-9(17(18)19)1-4-13(8)16/h1-6H,7,16H2. The Balaban J connectivity index is 2.15. The maximum absolute atomic E-state index is 13.3. The maximum Gasteiger partial charge on any atom is 0.269 e. The van der Waals surface area contributed by atoms with Crippen LogP contribution in [0.2, 0.25) is 0 Å². The molecule has 0 spiro atoms. The third-order valence-electron chi connectivity index (χ3n) is 2.62. The highest BCUT2D eigenvalue weighted by Crippen LogP contribution is 2.24. The van der Waals surface area contributed by atoms with Gasteiger partial charge in [-0.1, -0.05) is 0 Å². The third-order valence-corrected chi connectivity index (χ3v) is 3.27. The fourth-order valence-electron chi connectivity index (χ4n) is 1.56. The van der Waals surface area contributed by atoms with Gasteiger partial charge in [-0.2, -0.15) is 0 Å². The van der Waals surface area contributed by atoms with Crippen LogP contribution in [0.1, 0.15) is 5.56 Å². The first kappa shape index (κ1) is 14.3. The minimum atomic E-state index is -0.512. The van der Waals surface area contributed by atoms with E-state index in [1.807, 2.05) is 0 Å². The first-order chi connectivity index (χ1) is 9.47. The topological polar surface area (TPSA) is 78.4 Å². The summed E-state index contributed by atoms with van der Waals surface area (Å²) in [5.41, 5.74) is 6.51. The number of non-ortho nitro benzene ring substituents is 1. The molecule has 0 unspecified atom stereocenters. The molecular formula is C13H10BrFN2O3. The number of nitrogens with zero attached hydrogens (tertiary/aromatic N) is 1. The molecule has 2 rings (SSSR count). The molecule has 0 bridgehead atoms. The van der Waals surface area contributed by atoms with Gasteiger partial charge >= 0.3 is 0 Å². The van der Waals surface area contributed by atoms with Crippen molar-refractivity contribution in [2.75, 3.05) is 5.73 Å². The van der Waals surface area contributed by atoms with Gasteiger partial charge in [0.15, 0.2) is 0 Å². The SMILES string of the molecule is Nc1ccc([N+](=O)[O-])cc1COc1ccc(Br)c(F)c1. The molecule has 0 radical (unpaired) electrons. The second-order valence-electron chi connectivity index (χ2n) is 4.00. The van der Waals surface area contributed by atoms with Crippen LogP contribution in [0.15, 0.2) is 40.9 Å². The van der Waals surface area contributed by atoms with Crippen LogP contribution in [0.25, 0.3) is 0 Å². The first-order valence-corrected chi connectivity index (χ1v) is 6.37. The van der Waals surface area contributed by atoms with Gasteiger partial charge in [0.1, 0.15) is 18.2 Å². The normalized spacial score (nSPS) is 10.3. The van der Waals surface area contributed by atoms with E-state index in [9.17, 15) is 14.5 Å². The van der Waals surface area contributed by atoms with Crippen LogP contribution in [0.4, 0.5) is 15.8 Å². The number of benzene rings is 2. The zero-order chi connectivity index (χ0) is 14.7. The van der Waals surface area contributed by atoms with Crippen molar-refractivity contribution in [1.29, 1.82) is 0 Å². The van der Waals surface area contributed by atoms with Crippen molar-refractivity contribution >= 4 is 27.3 Å². The van der Waals surface area contributed by atoms with Gasteiger partial charge in [0.2, 0.25) is 0 Å². The Morgan fingerprint density at radius 2 is 2.05 bits per heavy atom. The van der Waals surface area contributed by atoms with Gasteiger partial charge in [0.25, 0.3) is 5.69 Å². The van der Waals surface area contributed by atoms with Crippen LogP contribution in [0.5, 0.6) is 5.75 Å². The zero-order valence-electron chi connectivity index (χ0n) is 10.2. The summed E-state index contributed by atoms with van der Waals surface area (Å²) in [6.45, 7) is 0.0224. The average molecular weight is 341 g/mol. The average Bonchev–Trinajstić information content (AvgIpc) is 2.41. The maximum atomic E-state index is 13.3. The van der Waals surface area contributed by atoms with E-state index >= 15 is 0 Å². The van der Waals surface area contributed by atoms with Gasteiger partial charge in [-0.15, -0.1) is 0 Å². The molecule has 0 aromatic heterocycles. The number of hydrogen-bond acceptors (Lipinski definition) is 4. The van der Waals surface area contributed by atoms with Crippen LogP contribution >= 0.6 is 15.9 Å². The van der Waals surface area contributed by atoms with E-state index in [0.29, 0.717) is 21.5 Å². The minimum Gasteiger partial charge on any atom is -0.489 e. The molecule has 0 fully saturated rings. The van der Waals surface area contributed by atoms with E-state index in [4.69, 9.17) is 10.5 Å². The predicted octanol–water partition coefficient (Wildman–Crippen LogP) is 3.66. The van der Waals surface area contributed by atoms with E-state index in [-0.39, 0.29) is 12.3 Å². The predicted molar refractivity (Wildman–Crippen MR) is 75.9 cm³/mol. The summed E-state index contributed by atoms with van der Waals surface area (Å²) in [6.07, 6.45) is 0. The molecular weight excluding hydrogens is 331 g/mol. The molecule has 0 aliphatic rings. The summed E-state index contributed by atoms with van der Waals surface area (Å²) in [4.78, 5) is 10.2. The lowest BCUT2D eigenvalue weighted by Gasteiger charge is -2.09. The Morgan fingerprint density at radius 3 is 2.70 bits per heavy atom. The smallest absolute Gasteiger partial charge is 0.269 e. The third kappa shape index (κ3) is 3.24. The fraction of sp³-hybridized carbons (Fsp3) is 0.0769. The summed E-state index contributed by atoms with van der Waals surface area (Å²) in [5.74, 6) is -0.133. The Kier molecular flexibility index (Phi) is 4.19. The molecule has 0 atom stereocenters. The number of nitro groups is 1. The number of halogens is 2. The number of nitro benzene ring substituents is 1. The Morgan fingerprint density at radius 1 is 1.30 bits per heavy atom. The monoisotopic (exact) mass is 340 g/mol. The van der Waals surface area contributed by atoms with E-state index in [1.54, 1.807) is 6.07 Å². The lowest BCUT2D eigenvalue weighted by Crippen LogP contribution is -2.01. The molecule has 0 heterocycles. The molecule has 0 saturated carbocycles. The molecule has 0 saturated heterocycles. The van der Waals surface area contributed by atoms with E-state index in [2.05, 4.69) is 15.9 Å². The van der Waals surface area contributed by atoms with Crippen LogP contribution in [-0.2, 0) is 6.61 Å². The van der Waals surface area contributed by atoms with Gasteiger partial charge in [0.05, 0.1) is 9.40 Å². The Labute approximate surface area is 122 Å². The van der Waals surface area contributed by atoms with Crippen molar-refractivity contribution in [3.05, 3.63) is 62.4 Å². The molecule has 2 aromatic carbocycles. The molecule has 20 heavy (non-hydrogen) atoms. The molecule has 7 heteroatoms. The Hall–Kier alpha value is -2.15. The molecule has 5 nitrogen and oxygen atoms in total. The van der Waals surface area contributed by atoms with Gasteiger partial charge in [-0.25, -0.2) is 4.39 Å². The van der Waals surface area contributed by atoms with Crippen molar-refractivity contribution in [2.45, 2.75) is 6.61 Å². The highest BCUT2D eigenvalue weighted by molar-refractivity contribution is 9.10. The van der Waals surface area contributed by atoms with Crippen LogP contribution in [0.3, 0.4) is 0 Å². The molecule has 2 N–H and O–H groups in total. The molecule has 104 valence electrons. The van der Waals surface area contributed by atoms with Crippen LogP contribution < -0.4 is 10.5 Å². The van der Waals surface area contributed by atoms with Crippen LogP contribution in [0, 0.1) is 15.9 Å². The van der Waals surface area contributed by atoms with Crippen molar-refractivity contribution in [2.24, 2.45) is 0 Å². The number of nitrogen functional groups attached to an aromatic ring is 1. The van der Waals surface area contributed by atoms with Gasteiger partial charge < -0.3 is 10.5 Å². The van der Waals surface area contributed by atoms with Gasteiger partial charge in [-0.3, -0.25) is 10.1 Å². The highest BCUT2D eigenvalue weighted by Gasteiger charge is 2.10. The molecule has 0 aliphatic heterocycles. The first-order valence-electron chi connectivity index (χ1n) is 5.58. The summed E-state index contributed by atoms with van der Waals surface area (Å²) in [5, 5.41) is 10.7. The quantitative estimate of drug-likeness (QED) is 0.523. The van der Waals surface area contributed by atoms with Gasteiger partial charge in [-0.05, 0) is 34.1 Å². The number of rotatable bonds is 4. The number of nitrogens with two attached hydrogens (primary N) is 1. The van der Waals surface area contributed by atoms with Crippen molar-refractivity contribution in [3.8, 4) is 5.75 Å². The second-order valence-corrected chi connectivity index (χ2v) is 4.86. The lowest BCUT2D eigenvalue weighted by molar-refractivity contribution is -0.384. The van der Waals surface area contributed by atoms with E-state index in [1.165, 1.54) is 30.3 Å². The van der Waals surface area contributed by atoms with Gasteiger partial charge in [0, 0.05) is 29.4 Å². The summed E-state index contributed by atoms with van der Waals surface area (Å²) < 4.78 is 19.0. The lowest BCUT2D eigenvalue weighted by atomic mass is 10.1. The summed E-state index contributed by atoms with van der Waals surface area (Å²) in [6, 6.07) is 8.42. The Bertz CT molecular complexity index is 664. The van der Waals surface area contributed by atoms with Crippen molar-refractivity contribution in [3.63, 3.8) is 0 Å². The molecule has 0 aliphatic carbocycles. The second kappa shape index (κ2) is 5.87. The fourth-order valence-corrected chi connectivity index (χ4v) is 1.81.